The summed E-state index contributed by atoms with van der Waals surface area (Å²) in [5.74, 6) is -0.574. The van der Waals surface area contributed by atoms with Crippen LogP contribution in [0.3, 0.4) is 0 Å². The van der Waals surface area contributed by atoms with Crippen molar-refractivity contribution in [1.82, 2.24) is 0 Å². The third-order valence-corrected chi connectivity index (χ3v) is 14.4. The Morgan fingerprint density at radius 1 is 0.329 bits per heavy atom. The number of aliphatic hydroxyl groups excluding tert-OH is 1. The van der Waals surface area contributed by atoms with Crippen LogP contribution in [0.15, 0.2) is 36.5 Å². The van der Waals surface area contributed by atoms with E-state index in [9.17, 15) is 14.7 Å². The molecule has 0 spiro atoms. The highest BCUT2D eigenvalue weighted by molar-refractivity contribution is 5.70. The molecule has 0 aliphatic heterocycles. The van der Waals surface area contributed by atoms with Gasteiger partial charge in [0.25, 0.3) is 0 Å². The maximum Gasteiger partial charge on any atom is 0.306 e. The molecule has 0 aromatic rings. The van der Waals surface area contributed by atoms with E-state index in [0.29, 0.717) is 12.8 Å². The fourth-order valence-corrected chi connectivity index (χ4v) is 9.64. The van der Waals surface area contributed by atoms with Gasteiger partial charge in [0, 0.05) is 12.8 Å². The lowest BCUT2D eigenvalue weighted by Crippen LogP contribution is -2.28. The molecular weight excluding hydrogens is 861 g/mol. The Morgan fingerprint density at radius 2 is 0.571 bits per heavy atom. The van der Waals surface area contributed by atoms with Crippen LogP contribution in [-0.4, -0.2) is 36.4 Å². The smallest absolute Gasteiger partial charge is 0.306 e. The summed E-state index contributed by atoms with van der Waals surface area (Å²) in [6.45, 7) is 4.17. The van der Waals surface area contributed by atoms with E-state index in [1.807, 2.05) is 0 Å². The van der Waals surface area contributed by atoms with Crippen LogP contribution in [0.25, 0.3) is 0 Å². The molecule has 412 valence electrons. The number of carbonyl (C=O) groups excluding carboxylic acids is 2. The first kappa shape index (κ1) is 68.1. The van der Waals surface area contributed by atoms with E-state index in [0.717, 1.165) is 44.9 Å². The van der Waals surface area contributed by atoms with Gasteiger partial charge in [-0.2, -0.15) is 0 Å². The molecule has 0 bridgehead atoms. The van der Waals surface area contributed by atoms with E-state index >= 15 is 0 Å². The molecule has 0 aromatic heterocycles. The van der Waals surface area contributed by atoms with Crippen LogP contribution in [0.2, 0.25) is 0 Å². The van der Waals surface area contributed by atoms with Gasteiger partial charge >= 0.3 is 11.9 Å². The number of hydrogen-bond donors (Lipinski definition) is 1. The molecule has 1 N–H and O–H groups in total. The van der Waals surface area contributed by atoms with Crippen LogP contribution in [0, 0.1) is 0 Å². The largest absolute Gasteiger partial charge is 0.462 e. The van der Waals surface area contributed by atoms with Gasteiger partial charge in [0.1, 0.15) is 6.61 Å². The summed E-state index contributed by atoms with van der Waals surface area (Å²) in [5, 5.41) is 9.66. The average molecular weight is 984 g/mol. The van der Waals surface area contributed by atoms with Crippen molar-refractivity contribution in [3.05, 3.63) is 36.5 Å². The Hall–Kier alpha value is -1.88. The minimum atomic E-state index is -0.770. The van der Waals surface area contributed by atoms with E-state index in [-0.39, 0.29) is 25.2 Å². The minimum absolute atomic E-state index is 0.0615. The van der Waals surface area contributed by atoms with Gasteiger partial charge in [0.05, 0.1) is 6.61 Å². The van der Waals surface area contributed by atoms with Crippen molar-refractivity contribution in [2.45, 2.75) is 354 Å². The molecule has 0 amide bonds. The topological polar surface area (TPSA) is 72.8 Å². The van der Waals surface area contributed by atoms with Crippen molar-refractivity contribution in [3.63, 3.8) is 0 Å². The predicted octanol–water partition coefficient (Wildman–Crippen LogP) is 21.4. The zero-order chi connectivity index (χ0) is 50.6. The van der Waals surface area contributed by atoms with E-state index < -0.39 is 6.10 Å². The van der Waals surface area contributed by atoms with Crippen molar-refractivity contribution in [3.8, 4) is 0 Å². The van der Waals surface area contributed by atoms with Crippen molar-refractivity contribution >= 4 is 11.9 Å². The molecule has 0 aromatic carbocycles. The number of ether oxygens (including phenoxy) is 2. The van der Waals surface area contributed by atoms with Crippen molar-refractivity contribution in [2.24, 2.45) is 0 Å². The maximum absolute atomic E-state index is 12.3. The molecule has 0 saturated heterocycles. The molecule has 1 unspecified atom stereocenters. The molecule has 5 heteroatoms. The van der Waals surface area contributed by atoms with E-state index in [1.54, 1.807) is 0 Å². The van der Waals surface area contributed by atoms with E-state index in [2.05, 4.69) is 50.3 Å². The van der Waals surface area contributed by atoms with Gasteiger partial charge in [-0.25, -0.2) is 0 Å². The Kier molecular flexibility index (Phi) is 59.8. The van der Waals surface area contributed by atoms with Crippen LogP contribution in [0.1, 0.15) is 348 Å². The standard InChI is InChI=1S/C65H122O5/c1-3-5-7-9-11-13-15-17-19-21-23-24-25-26-27-28-29-30-31-32-33-34-35-36-37-38-39-40-42-44-46-48-50-52-54-56-58-60-65(68)70-63(61-66)62-69-64(67)59-57-55-53-51-49-47-45-43-41-22-20-18-16-14-12-10-8-6-4-2/h15,17-18,20-21,23,63,66H,3-14,16,19,22,24-62H2,1-2H3/b17-15-,20-18-,23-21-. The molecule has 5 nitrogen and oxygen atoms in total. The van der Waals surface area contributed by atoms with Gasteiger partial charge in [-0.3, -0.25) is 9.59 Å². The van der Waals surface area contributed by atoms with Crippen LogP contribution in [0.4, 0.5) is 0 Å². The van der Waals surface area contributed by atoms with Crippen LogP contribution >= 0.6 is 0 Å². The summed E-state index contributed by atoms with van der Waals surface area (Å²) < 4.78 is 10.7. The lowest BCUT2D eigenvalue weighted by Gasteiger charge is -2.15. The SMILES string of the molecule is CCCCCCC/C=C\C/C=C\CCCCCCCCCCCCCCCCCCCCCCCCCCCC(=O)OC(CO)COC(=O)CCCCCCCCCCC/C=C\CCCCCCCC. The van der Waals surface area contributed by atoms with E-state index in [4.69, 9.17) is 9.47 Å². The average Bonchev–Trinajstić information content (AvgIpc) is 3.36. The van der Waals surface area contributed by atoms with E-state index in [1.165, 1.54) is 276 Å². The fraction of sp³-hybridized carbons (Fsp3) is 0.877. The van der Waals surface area contributed by atoms with Gasteiger partial charge in [-0.1, -0.05) is 301 Å². The normalized spacial score (nSPS) is 12.3. The molecule has 70 heavy (non-hydrogen) atoms. The highest BCUT2D eigenvalue weighted by Crippen LogP contribution is 2.18. The Morgan fingerprint density at radius 3 is 0.857 bits per heavy atom. The third kappa shape index (κ3) is 58.7. The third-order valence-electron chi connectivity index (χ3n) is 14.4. The summed E-state index contributed by atoms with van der Waals surface area (Å²) in [6, 6.07) is 0. The Labute approximate surface area is 437 Å². The first-order valence-corrected chi connectivity index (χ1v) is 31.5. The fourth-order valence-electron chi connectivity index (χ4n) is 9.64. The molecule has 0 radical (unpaired) electrons. The Bertz CT molecular complexity index is 1110. The zero-order valence-corrected chi connectivity index (χ0v) is 47.3. The number of unbranched alkanes of at least 4 members (excludes halogenated alkanes) is 45. The first-order valence-electron chi connectivity index (χ1n) is 31.5. The molecule has 0 aliphatic carbocycles. The van der Waals surface area contributed by atoms with Crippen LogP contribution in [0.5, 0.6) is 0 Å². The second-order valence-electron chi connectivity index (χ2n) is 21.5. The molecule has 0 saturated carbocycles. The lowest BCUT2D eigenvalue weighted by molar-refractivity contribution is -0.161. The number of rotatable bonds is 59. The van der Waals surface area contributed by atoms with Crippen LogP contribution in [-0.2, 0) is 19.1 Å². The van der Waals surface area contributed by atoms with Gasteiger partial charge in [0.15, 0.2) is 6.10 Å². The van der Waals surface area contributed by atoms with Gasteiger partial charge in [-0.15, -0.1) is 0 Å². The quantitative estimate of drug-likeness (QED) is 0.0373. The highest BCUT2D eigenvalue weighted by Gasteiger charge is 2.16. The first-order chi connectivity index (χ1) is 34.6. The monoisotopic (exact) mass is 983 g/mol. The molecule has 0 rings (SSSR count). The molecule has 1 atom stereocenters. The lowest BCUT2D eigenvalue weighted by atomic mass is 10.0. The summed E-state index contributed by atoms with van der Waals surface area (Å²) in [5.41, 5.74) is 0. The maximum atomic E-state index is 12.3. The molecule has 0 heterocycles. The van der Waals surface area contributed by atoms with Crippen LogP contribution < -0.4 is 0 Å². The van der Waals surface area contributed by atoms with Gasteiger partial charge in [-0.05, 0) is 70.6 Å². The number of hydrogen-bond acceptors (Lipinski definition) is 5. The van der Waals surface area contributed by atoms with Gasteiger partial charge in [0.2, 0.25) is 0 Å². The molecule has 0 fully saturated rings. The minimum Gasteiger partial charge on any atom is -0.462 e. The number of allylic oxidation sites excluding steroid dienone is 6. The van der Waals surface area contributed by atoms with Crippen molar-refractivity contribution in [1.29, 1.82) is 0 Å². The highest BCUT2D eigenvalue weighted by atomic mass is 16.6. The van der Waals surface area contributed by atoms with Crippen molar-refractivity contribution < 1.29 is 24.2 Å². The number of aliphatic hydroxyl groups is 1. The van der Waals surface area contributed by atoms with Gasteiger partial charge < -0.3 is 14.6 Å². The number of esters is 2. The molecular formula is C65H122O5. The summed E-state index contributed by atoms with van der Waals surface area (Å²) >= 11 is 0. The van der Waals surface area contributed by atoms with Crippen molar-refractivity contribution in [2.75, 3.05) is 13.2 Å². The summed E-state index contributed by atoms with van der Waals surface area (Å²) in [6.07, 6.45) is 80.1. The molecule has 0 aliphatic rings. The second-order valence-corrected chi connectivity index (χ2v) is 21.5. The predicted molar refractivity (Wildman–Crippen MR) is 307 cm³/mol. The zero-order valence-electron chi connectivity index (χ0n) is 47.3. The second kappa shape index (κ2) is 61.4. The number of carbonyl (C=O) groups is 2. The summed E-state index contributed by atoms with van der Waals surface area (Å²) in [4.78, 5) is 24.5. The summed E-state index contributed by atoms with van der Waals surface area (Å²) in [7, 11) is 0. The Balaban J connectivity index is 3.38.